The molecule has 3 aromatic heterocycles. The van der Waals surface area contributed by atoms with E-state index in [1.165, 1.54) is 0 Å². The van der Waals surface area contributed by atoms with Crippen LogP contribution in [0.15, 0.2) is 47.2 Å². The smallest absolute Gasteiger partial charge is 0.254 e. The molecule has 1 aliphatic heterocycles. The number of aryl methyl sites for hydroxylation is 1. The Balaban J connectivity index is 1.38. The van der Waals surface area contributed by atoms with Crippen LogP contribution in [0.2, 0.25) is 0 Å². The minimum atomic E-state index is 0.648. The summed E-state index contributed by atoms with van der Waals surface area (Å²) in [5, 5.41) is 5.47. The van der Waals surface area contributed by atoms with Crippen LogP contribution >= 0.6 is 15.9 Å². The quantitative estimate of drug-likeness (QED) is 0.493. The zero-order valence-electron chi connectivity index (χ0n) is 14.9. The highest BCUT2D eigenvalue weighted by molar-refractivity contribution is 9.10. The Hall–Kier alpha value is -2.74. The molecule has 27 heavy (non-hydrogen) atoms. The van der Waals surface area contributed by atoms with Gasteiger partial charge in [0.2, 0.25) is 0 Å². The number of aromatic nitrogens is 5. The van der Waals surface area contributed by atoms with Crippen molar-refractivity contribution >= 4 is 44.2 Å². The van der Waals surface area contributed by atoms with Crippen molar-refractivity contribution in [2.75, 3.05) is 36.0 Å². The molecule has 136 valence electrons. The van der Waals surface area contributed by atoms with Gasteiger partial charge in [0.25, 0.3) is 5.78 Å². The van der Waals surface area contributed by atoms with E-state index >= 15 is 0 Å². The molecule has 5 rings (SSSR count). The van der Waals surface area contributed by atoms with Crippen molar-refractivity contribution in [3.05, 3.63) is 52.9 Å². The van der Waals surface area contributed by atoms with Gasteiger partial charge in [0.15, 0.2) is 0 Å². The largest absolute Gasteiger partial charge is 0.353 e. The van der Waals surface area contributed by atoms with Crippen LogP contribution in [0, 0.1) is 6.92 Å². The number of fused-ring (bicyclic) bond motifs is 2. The molecular weight excluding hydrogens is 406 g/mol. The fourth-order valence-corrected chi connectivity index (χ4v) is 3.94. The first kappa shape index (κ1) is 16.4. The second kappa shape index (κ2) is 6.45. The van der Waals surface area contributed by atoms with Gasteiger partial charge in [-0.3, -0.25) is 0 Å². The molecule has 7 nitrogen and oxygen atoms in total. The first-order valence-corrected chi connectivity index (χ1v) is 9.70. The molecule has 0 atom stereocenters. The highest BCUT2D eigenvalue weighted by Crippen LogP contribution is 2.24. The molecule has 0 N–H and O–H groups in total. The summed E-state index contributed by atoms with van der Waals surface area (Å²) in [6.07, 6.45) is 1.55. The van der Waals surface area contributed by atoms with Crippen molar-refractivity contribution in [3.63, 3.8) is 0 Å². The van der Waals surface area contributed by atoms with E-state index < -0.39 is 0 Å². The van der Waals surface area contributed by atoms with Crippen LogP contribution in [0.4, 0.5) is 11.6 Å². The Kier molecular flexibility index (Phi) is 3.93. The summed E-state index contributed by atoms with van der Waals surface area (Å²) in [7, 11) is 0. The van der Waals surface area contributed by atoms with E-state index in [9.17, 15) is 0 Å². The van der Waals surface area contributed by atoms with E-state index in [1.807, 2.05) is 17.5 Å². The van der Waals surface area contributed by atoms with Gasteiger partial charge in [-0.2, -0.15) is 14.6 Å². The first-order valence-electron chi connectivity index (χ1n) is 8.91. The van der Waals surface area contributed by atoms with Gasteiger partial charge >= 0.3 is 0 Å². The standard InChI is InChI=1S/C19H18BrN7/c1-13-10-18(27-19(23-13)21-12-22-27)26-8-6-25(7-9-26)17-5-2-14-11-15(20)3-4-16(14)24-17/h2-5,10-12H,6-9H2,1H3. The summed E-state index contributed by atoms with van der Waals surface area (Å²) >= 11 is 3.52. The molecule has 0 amide bonds. The van der Waals surface area contributed by atoms with Crippen LogP contribution in [0.1, 0.15) is 5.69 Å². The fourth-order valence-electron chi connectivity index (χ4n) is 3.56. The second-order valence-electron chi connectivity index (χ2n) is 6.71. The van der Waals surface area contributed by atoms with Crippen molar-refractivity contribution in [1.29, 1.82) is 0 Å². The predicted octanol–water partition coefficient (Wildman–Crippen LogP) is 3.07. The third kappa shape index (κ3) is 2.99. The van der Waals surface area contributed by atoms with Crippen LogP contribution in [-0.2, 0) is 0 Å². The van der Waals surface area contributed by atoms with Crippen LogP contribution in [-0.4, -0.2) is 50.7 Å². The Morgan fingerprint density at radius 1 is 0.926 bits per heavy atom. The Labute approximate surface area is 164 Å². The average Bonchev–Trinajstić information content (AvgIpc) is 3.15. The lowest BCUT2D eigenvalue weighted by atomic mass is 10.2. The van der Waals surface area contributed by atoms with Crippen molar-refractivity contribution in [1.82, 2.24) is 24.6 Å². The van der Waals surface area contributed by atoms with E-state index in [4.69, 9.17) is 4.98 Å². The second-order valence-corrected chi connectivity index (χ2v) is 7.62. The van der Waals surface area contributed by atoms with Gasteiger partial charge in [-0.15, -0.1) is 0 Å². The number of hydrogen-bond acceptors (Lipinski definition) is 6. The molecule has 0 unspecified atom stereocenters. The topological polar surface area (TPSA) is 62.5 Å². The van der Waals surface area contributed by atoms with Gasteiger partial charge in [0.05, 0.1) is 5.52 Å². The zero-order valence-corrected chi connectivity index (χ0v) is 16.5. The number of rotatable bonds is 2. The molecule has 0 saturated carbocycles. The minimum absolute atomic E-state index is 0.648. The SMILES string of the molecule is Cc1cc(N2CCN(c3ccc4cc(Br)ccc4n3)CC2)n2ncnc2n1. The maximum Gasteiger partial charge on any atom is 0.254 e. The van der Waals surface area contributed by atoms with Gasteiger partial charge in [-0.25, -0.2) is 9.97 Å². The van der Waals surface area contributed by atoms with Crippen molar-refractivity contribution in [3.8, 4) is 0 Å². The normalized spacial score (nSPS) is 15.0. The van der Waals surface area contributed by atoms with E-state index in [0.717, 1.165) is 58.9 Å². The highest BCUT2D eigenvalue weighted by Gasteiger charge is 2.21. The summed E-state index contributed by atoms with van der Waals surface area (Å²) in [4.78, 5) is 18.2. The lowest BCUT2D eigenvalue weighted by Gasteiger charge is -2.36. The predicted molar refractivity (Wildman–Crippen MR) is 109 cm³/mol. The molecule has 0 bridgehead atoms. The van der Waals surface area contributed by atoms with Gasteiger partial charge in [0, 0.05) is 47.8 Å². The third-order valence-corrected chi connectivity index (χ3v) is 5.42. The summed E-state index contributed by atoms with van der Waals surface area (Å²) in [5.74, 6) is 2.72. The molecule has 0 aliphatic carbocycles. The number of anilines is 2. The maximum absolute atomic E-state index is 4.84. The van der Waals surface area contributed by atoms with Crippen molar-refractivity contribution in [2.24, 2.45) is 0 Å². The lowest BCUT2D eigenvalue weighted by Crippen LogP contribution is -2.47. The van der Waals surface area contributed by atoms with Gasteiger partial charge in [-0.05, 0) is 37.3 Å². The average molecular weight is 424 g/mol. The van der Waals surface area contributed by atoms with Crippen molar-refractivity contribution in [2.45, 2.75) is 6.92 Å². The molecule has 1 saturated heterocycles. The molecule has 1 fully saturated rings. The van der Waals surface area contributed by atoms with E-state index in [1.54, 1.807) is 6.33 Å². The van der Waals surface area contributed by atoms with Gasteiger partial charge in [-0.1, -0.05) is 15.9 Å². The Morgan fingerprint density at radius 3 is 2.59 bits per heavy atom. The number of benzene rings is 1. The van der Waals surface area contributed by atoms with E-state index in [-0.39, 0.29) is 0 Å². The molecule has 4 aromatic rings. The summed E-state index contributed by atoms with van der Waals surface area (Å²) in [5.41, 5.74) is 1.97. The van der Waals surface area contributed by atoms with Crippen molar-refractivity contribution < 1.29 is 0 Å². The number of nitrogens with zero attached hydrogens (tertiary/aromatic N) is 7. The summed E-state index contributed by atoms with van der Waals surface area (Å²) < 4.78 is 2.89. The maximum atomic E-state index is 4.84. The Morgan fingerprint density at radius 2 is 1.74 bits per heavy atom. The molecular formula is C19H18BrN7. The number of halogens is 1. The Bertz CT molecular complexity index is 1130. The minimum Gasteiger partial charge on any atom is -0.353 e. The van der Waals surface area contributed by atoms with Crippen LogP contribution < -0.4 is 9.80 Å². The molecule has 1 aliphatic rings. The molecule has 4 heterocycles. The number of pyridine rings is 1. The summed E-state index contributed by atoms with van der Waals surface area (Å²) in [6, 6.07) is 12.5. The van der Waals surface area contributed by atoms with Crippen LogP contribution in [0.3, 0.4) is 0 Å². The number of piperazine rings is 1. The molecule has 8 heteroatoms. The van der Waals surface area contributed by atoms with E-state index in [0.29, 0.717) is 5.78 Å². The van der Waals surface area contributed by atoms with Gasteiger partial charge in [0.1, 0.15) is 18.0 Å². The molecule has 0 radical (unpaired) electrons. The summed E-state index contributed by atoms with van der Waals surface area (Å²) in [6.45, 7) is 5.61. The van der Waals surface area contributed by atoms with Crippen LogP contribution in [0.5, 0.6) is 0 Å². The van der Waals surface area contributed by atoms with Gasteiger partial charge < -0.3 is 9.80 Å². The lowest BCUT2D eigenvalue weighted by molar-refractivity contribution is 0.634. The first-order chi connectivity index (χ1) is 13.2. The monoisotopic (exact) mass is 423 g/mol. The number of hydrogen-bond donors (Lipinski definition) is 0. The van der Waals surface area contributed by atoms with E-state index in [2.05, 4.69) is 71.1 Å². The highest BCUT2D eigenvalue weighted by atomic mass is 79.9. The fraction of sp³-hybridized carbons (Fsp3) is 0.263. The molecule has 0 spiro atoms. The zero-order chi connectivity index (χ0) is 18.4. The molecule has 1 aromatic carbocycles. The van der Waals surface area contributed by atoms with Crippen LogP contribution in [0.25, 0.3) is 16.7 Å². The third-order valence-electron chi connectivity index (χ3n) is 4.93.